The number of amides is 3. The normalized spacial score (nSPS) is 10.9. The molecule has 0 bridgehead atoms. The lowest BCUT2D eigenvalue weighted by molar-refractivity contribution is -0.134. The molecule has 1 aromatic heterocycles. The first-order valence-corrected chi connectivity index (χ1v) is 9.54. The summed E-state index contributed by atoms with van der Waals surface area (Å²) in [7, 11) is 0. The number of carbonyl (C=O) groups is 2. The van der Waals surface area contributed by atoms with Crippen LogP contribution in [0.3, 0.4) is 0 Å². The van der Waals surface area contributed by atoms with Gasteiger partial charge in [0.05, 0.1) is 12.1 Å². The molecule has 0 aliphatic carbocycles. The molecule has 7 heteroatoms. The zero-order chi connectivity index (χ0) is 19.3. The van der Waals surface area contributed by atoms with Crippen LogP contribution in [-0.4, -0.2) is 33.9 Å². The summed E-state index contributed by atoms with van der Waals surface area (Å²) in [6, 6.07) is 7.48. The zero-order valence-corrected chi connectivity index (χ0v) is 16.7. The van der Waals surface area contributed by atoms with Gasteiger partial charge in [-0.15, -0.1) is 11.3 Å². The Morgan fingerprint density at radius 3 is 2.46 bits per heavy atom. The van der Waals surface area contributed by atoms with Crippen molar-refractivity contribution in [3.63, 3.8) is 0 Å². The lowest BCUT2D eigenvalue weighted by Gasteiger charge is -2.30. The second-order valence-corrected chi connectivity index (χ2v) is 7.62. The number of urea groups is 1. The molecule has 6 nitrogen and oxygen atoms in total. The van der Waals surface area contributed by atoms with Crippen LogP contribution in [0, 0.1) is 6.92 Å². The minimum absolute atomic E-state index is 0.0380. The number of benzene rings is 1. The number of anilines is 2. The van der Waals surface area contributed by atoms with E-state index in [2.05, 4.69) is 15.6 Å². The van der Waals surface area contributed by atoms with Crippen molar-refractivity contribution in [2.24, 2.45) is 0 Å². The predicted octanol–water partition coefficient (Wildman–Crippen LogP) is 4.28. The third-order valence-corrected chi connectivity index (χ3v) is 4.59. The molecular formula is C19H26N4O2S. The van der Waals surface area contributed by atoms with E-state index in [1.54, 1.807) is 5.38 Å². The van der Waals surface area contributed by atoms with Gasteiger partial charge in [-0.2, -0.15) is 0 Å². The number of hydrogen-bond acceptors (Lipinski definition) is 4. The second kappa shape index (κ2) is 8.80. The molecule has 0 saturated heterocycles. The van der Waals surface area contributed by atoms with Gasteiger partial charge in [0.1, 0.15) is 0 Å². The molecule has 2 aromatic rings. The molecule has 3 amide bonds. The van der Waals surface area contributed by atoms with Crippen LogP contribution in [0.15, 0.2) is 29.6 Å². The summed E-state index contributed by atoms with van der Waals surface area (Å²) in [5.74, 6) is 0.0380. The number of thiazole rings is 1. The van der Waals surface area contributed by atoms with Crippen molar-refractivity contribution in [3.05, 3.63) is 40.9 Å². The summed E-state index contributed by atoms with van der Waals surface area (Å²) >= 11 is 1.31. The number of aryl methyl sites for hydroxylation is 1. The number of rotatable bonds is 6. The van der Waals surface area contributed by atoms with Crippen molar-refractivity contribution in [2.75, 3.05) is 10.6 Å². The molecule has 0 unspecified atom stereocenters. The van der Waals surface area contributed by atoms with Crippen molar-refractivity contribution in [3.8, 4) is 0 Å². The Hall–Kier alpha value is -2.41. The Kier molecular flexibility index (Phi) is 6.74. The maximum absolute atomic E-state index is 12.5. The highest BCUT2D eigenvalue weighted by Crippen LogP contribution is 2.18. The first kappa shape index (κ1) is 19.9. The van der Waals surface area contributed by atoms with Gasteiger partial charge in [0.2, 0.25) is 5.91 Å². The van der Waals surface area contributed by atoms with E-state index < -0.39 is 0 Å². The van der Waals surface area contributed by atoms with E-state index in [0.717, 1.165) is 11.3 Å². The van der Waals surface area contributed by atoms with Gasteiger partial charge in [-0.05, 0) is 52.3 Å². The Balaban J connectivity index is 1.94. The summed E-state index contributed by atoms with van der Waals surface area (Å²) in [5.41, 5.74) is 2.45. The first-order valence-electron chi connectivity index (χ1n) is 8.66. The molecular weight excluding hydrogens is 348 g/mol. The fourth-order valence-corrected chi connectivity index (χ4v) is 3.55. The molecule has 0 atom stereocenters. The third kappa shape index (κ3) is 5.56. The molecule has 1 heterocycles. The lowest BCUT2D eigenvalue weighted by atomic mass is 10.2. The highest BCUT2D eigenvalue weighted by molar-refractivity contribution is 7.14. The minimum Gasteiger partial charge on any atom is -0.338 e. The molecule has 26 heavy (non-hydrogen) atoms. The molecule has 0 radical (unpaired) electrons. The smallest absolute Gasteiger partial charge is 0.325 e. The van der Waals surface area contributed by atoms with Crippen LogP contribution in [0.1, 0.15) is 39.0 Å². The molecule has 2 N–H and O–H groups in total. The first-order chi connectivity index (χ1) is 12.3. The van der Waals surface area contributed by atoms with Crippen molar-refractivity contribution in [1.82, 2.24) is 9.88 Å². The van der Waals surface area contributed by atoms with E-state index in [1.165, 1.54) is 11.3 Å². The number of carbonyl (C=O) groups excluding carboxylic acids is 2. The monoisotopic (exact) mass is 374 g/mol. The average Bonchev–Trinajstić information content (AvgIpc) is 2.92. The number of nitrogens with zero attached hydrogens (tertiary/aromatic N) is 2. The number of nitrogens with one attached hydrogen (secondary N) is 2. The highest BCUT2D eigenvalue weighted by Gasteiger charge is 2.21. The van der Waals surface area contributed by atoms with E-state index in [-0.39, 0.29) is 30.4 Å². The predicted molar refractivity (Wildman–Crippen MR) is 107 cm³/mol. The quantitative estimate of drug-likeness (QED) is 0.792. The van der Waals surface area contributed by atoms with Crippen LogP contribution in [0.2, 0.25) is 0 Å². The molecule has 0 aliphatic heterocycles. The SMILES string of the molecule is Cc1cccc(NC(=O)Nc2nc(CC(=O)N(C(C)C)C(C)C)cs2)c1. The topological polar surface area (TPSA) is 74.3 Å². The Morgan fingerprint density at radius 2 is 1.85 bits per heavy atom. The Morgan fingerprint density at radius 1 is 1.15 bits per heavy atom. The maximum atomic E-state index is 12.5. The summed E-state index contributed by atoms with van der Waals surface area (Å²) in [5, 5.41) is 7.76. The summed E-state index contributed by atoms with van der Waals surface area (Å²) in [6.45, 7) is 9.97. The van der Waals surface area contributed by atoms with Gasteiger partial charge in [0.15, 0.2) is 5.13 Å². The van der Waals surface area contributed by atoms with Gasteiger partial charge >= 0.3 is 6.03 Å². The van der Waals surface area contributed by atoms with Crippen LogP contribution in [0.5, 0.6) is 0 Å². The van der Waals surface area contributed by atoms with Crippen molar-refractivity contribution in [1.29, 1.82) is 0 Å². The van der Waals surface area contributed by atoms with E-state index in [9.17, 15) is 9.59 Å². The van der Waals surface area contributed by atoms with Crippen molar-refractivity contribution in [2.45, 2.75) is 53.1 Å². The minimum atomic E-state index is -0.353. The van der Waals surface area contributed by atoms with Crippen LogP contribution >= 0.6 is 11.3 Å². The lowest BCUT2D eigenvalue weighted by Crippen LogP contribution is -2.42. The van der Waals surface area contributed by atoms with E-state index in [1.807, 2.05) is 63.8 Å². The van der Waals surface area contributed by atoms with E-state index in [4.69, 9.17) is 0 Å². The number of hydrogen-bond donors (Lipinski definition) is 2. The maximum Gasteiger partial charge on any atom is 0.325 e. The molecule has 140 valence electrons. The van der Waals surface area contributed by atoms with Gasteiger partial charge in [-0.3, -0.25) is 10.1 Å². The van der Waals surface area contributed by atoms with Gasteiger partial charge in [-0.25, -0.2) is 9.78 Å². The summed E-state index contributed by atoms with van der Waals surface area (Å²) in [6.07, 6.45) is 0.230. The molecule has 0 saturated carbocycles. The molecule has 2 rings (SSSR count). The fraction of sp³-hybridized carbons (Fsp3) is 0.421. The van der Waals surface area contributed by atoms with Crippen LogP contribution in [0.25, 0.3) is 0 Å². The number of aromatic nitrogens is 1. The fourth-order valence-electron chi connectivity index (χ4n) is 2.85. The molecule has 1 aromatic carbocycles. The summed E-state index contributed by atoms with van der Waals surface area (Å²) in [4.78, 5) is 30.8. The van der Waals surface area contributed by atoms with Crippen molar-refractivity contribution < 1.29 is 9.59 Å². The van der Waals surface area contributed by atoms with Gasteiger partial charge in [-0.1, -0.05) is 12.1 Å². The highest BCUT2D eigenvalue weighted by atomic mass is 32.1. The second-order valence-electron chi connectivity index (χ2n) is 6.76. The van der Waals surface area contributed by atoms with Crippen LogP contribution in [0.4, 0.5) is 15.6 Å². The van der Waals surface area contributed by atoms with Gasteiger partial charge in [0.25, 0.3) is 0 Å². The van der Waals surface area contributed by atoms with Crippen LogP contribution < -0.4 is 10.6 Å². The standard InChI is InChI=1S/C19H26N4O2S/c1-12(2)23(13(3)4)17(24)10-16-11-26-19(21-16)22-18(25)20-15-8-6-7-14(5)9-15/h6-9,11-13H,10H2,1-5H3,(H2,20,21,22,25). The molecule has 0 spiro atoms. The van der Waals surface area contributed by atoms with Gasteiger partial charge in [0, 0.05) is 23.2 Å². The van der Waals surface area contributed by atoms with Gasteiger partial charge < -0.3 is 10.2 Å². The van der Waals surface area contributed by atoms with Crippen molar-refractivity contribution >= 4 is 34.1 Å². The Bertz CT molecular complexity index is 762. The molecule has 0 fully saturated rings. The third-order valence-electron chi connectivity index (χ3n) is 3.78. The largest absolute Gasteiger partial charge is 0.338 e. The Labute approximate surface area is 158 Å². The zero-order valence-electron chi connectivity index (χ0n) is 15.9. The van der Waals surface area contributed by atoms with Crippen LogP contribution in [-0.2, 0) is 11.2 Å². The van der Waals surface area contributed by atoms with E-state index >= 15 is 0 Å². The average molecular weight is 375 g/mol. The van der Waals surface area contributed by atoms with E-state index in [0.29, 0.717) is 10.8 Å². The molecule has 0 aliphatic rings. The summed E-state index contributed by atoms with van der Waals surface area (Å²) < 4.78 is 0.